The number of amides is 1. The first-order valence-corrected chi connectivity index (χ1v) is 4.59. The molecular weight excluding hydrogens is 229 g/mol. The number of pyridine rings is 1. The molecule has 88 valence electrons. The number of nitrogen functional groups attached to an aromatic ring is 1. The summed E-state index contributed by atoms with van der Waals surface area (Å²) in [5.41, 5.74) is 5.06. The highest BCUT2D eigenvalue weighted by Crippen LogP contribution is 2.11. The number of tetrazole rings is 1. The average molecular weight is 237 g/mol. The first-order chi connectivity index (χ1) is 8.18. The smallest absolute Gasteiger partial charge is 0.254 e. The summed E-state index contributed by atoms with van der Waals surface area (Å²) in [6, 6.07) is 1.23. The maximum Gasteiger partial charge on any atom is 0.254 e. The molecule has 0 bridgehead atoms. The average Bonchev–Trinajstić information content (AvgIpc) is 2.82. The molecular formula is C8H8FN7O. The van der Waals surface area contributed by atoms with Crippen LogP contribution < -0.4 is 11.1 Å². The van der Waals surface area contributed by atoms with Crippen LogP contribution in [0.25, 0.3) is 0 Å². The molecule has 0 aliphatic carbocycles. The fourth-order valence-electron chi connectivity index (χ4n) is 1.15. The van der Waals surface area contributed by atoms with Crippen LogP contribution in [0.2, 0.25) is 0 Å². The van der Waals surface area contributed by atoms with Gasteiger partial charge in [0.2, 0.25) is 0 Å². The molecule has 0 fully saturated rings. The highest BCUT2D eigenvalue weighted by atomic mass is 19.1. The third-order valence-corrected chi connectivity index (χ3v) is 1.96. The van der Waals surface area contributed by atoms with Crippen LogP contribution in [0.3, 0.4) is 0 Å². The number of aromatic amines is 1. The van der Waals surface area contributed by atoms with E-state index in [1.54, 1.807) is 0 Å². The van der Waals surface area contributed by atoms with Crippen LogP contribution in [-0.4, -0.2) is 31.5 Å². The van der Waals surface area contributed by atoms with Gasteiger partial charge in [0, 0.05) is 6.20 Å². The minimum Gasteiger partial charge on any atom is -0.381 e. The number of anilines is 1. The molecule has 4 N–H and O–H groups in total. The van der Waals surface area contributed by atoms with E-state index in [0.717, 1.165) is 0 Å². The molecule has 0 saturated carbocycles. The third kappa shape index (κ3) is 2.33. The largest absolute Gasteiger partial charge is 0.381 e. The number of hydrogen-bond donors (Lipinski definition) is 3. The van der Waals surface area contributed by atoms with Gasteiger partial charge in [0.1, 0.15) is 0 Å². The minimum atomic E-state index is -0.849. The Labute approximate surface area is 94.4 Å². The highest BCUT2D eigenvalue weighted by Gasteiger charge is 2.14. The predicted octanol–water partition coefficient (Wildman–Crippen LogP) is -0.754. The summed E-state index contributed by atoms with van der Waals surface area (Å²) in [5.74, 6) is -1.50. The SMILES string of the molecule is Nc1nccc(C(=O)NCc2nn[nH]n2)c1F. The van der Waals surface area contributed by atoms with Crippen molar-refractivity contribution in [3.05, 3.63) is 29.5 Å². The second-order valence-corrected chi connectivity index (χ2v) is 3.07. The maximum absolute atomic E-state index is 13.4. The molecule has 2 aromatic rings. The number of carbonyl (C=O) groups excluding carboxylic acids is 1. The van der Waals surface area contributed by atoms with Crippen molar-refractivity contribution in [2.24, 2.45) is 0 Å². The summed E-state index contributed by atoms with van der Waals surface area (Å²) in [7, 11) is 0. The van der Waals surface area contributed by atoms with Gasteiger partial charge in [-0.25, -0.2) is 9.37 Å². The number of nitrogens with one attached hydrogen (secondary N) is 2. The van der Waals surface area contributed by atoms with Crippen LogP contribution in [0.4, 0.5) is 10.2 Å². The molecule has 0 aromatic carbocycles. The topological polar surface area (TPSA) is 122 Å². The Bertz CT molecular complexity index is 527. The standard InChI is InChI=1S/C8H8FN7O/c9-6-4(1-2-11-7(6)10)8(17)12-3-5-13-15-16-14-5/h1-2H,3H2,(H2,10,11)(H,12,17)(H,13,14,15,16). The van der Waals surface area contributed by atoms with Crippen molar-refractivity contribution in [1.29, 1.82) is 0 Å². The number of aromatic nitrogens is 5. The summed E-state index contributed by atoms with van der Waals surface area (Å²) < 4.78 is 13.4. The van der Waals surface area contributed by atoms with E-state index >= 15 is 0 Å². The lowest BCUT2D eigenvalue weighted by Crippen LogP contribution is -2.25. The zero-order valence-corrected chi connectivity index (χ0v) is 8.51. The number of nitrogens with zero attached hydrogens (tertiary/aromatic N) is 4. The molecule has 17 heavy (non-hydrogen) atoms. The van der Waals surface area contributed by atoms with Crippen molar-refractivity contribution in [3.8, 4) is 0 Å². The van der Waals surface area contributed by atoms with E-state index in [9.17, 15) is 9.18 Å². The maximum atomic E-state index is 13.4. The van der Waals surface area contributed by atoms with Gasteiger partial charge in [-0.15, -0.1) is 10.2 Å². The third-order valence-electron chi connectivity index (χ3n) is 1.96. The van der Waals surface area contributed by atoms with Crippen molar-refractivity contribution in [2.75, 3.05) is 5.73 Å². The van der Waals surface area contributed by atoms with E-state index in [2.05, 4.69) is 30.9 Å². The van der Waals surface area contributed by atoms with Crippen LogP contribution in [0, 0.1) is 5.82 Å². The molecule has 2 aromatic heterocycles. The summed E-state index contributed by atoms with van der Waals surface area (Å²) in [6.07, 6.45) is 1.25. The van der Waals surface area contributed by atoms with E-state index < -0.39 is 11.7 Å². The lowest BCUT2D eigenvalue weighted by molar-refractivity contribution is 0.0946. The Morgan fingerprint density at radius 2 is 2.41 bits per heavy atom. The van der Waals surface area contributed by atoms with Crippen molar-refractivity contribution >= 4 is 11.7 Å². The lowest BCUT2D eigenvalue weighted by Gasteiger charge is -2.04. The molecule has 2 rings (SSSR count). The Hall–Kier alpha value is -2.58. The second kappa shape index (κ2) is 4.51. The van der Waals surface area contributed by atoms with E-state index in [4.69, 9.17) is 5.73 Å². The Balaban J connectivity index is 2.07. The van der Waals surface area contributed by atoms with Gasteiger partial charge >= 0.3 is 0 Å². The van der Waals surface area contributed by atoms with Crippen LogP contribution in [0.15, 0.2) is 12.3 Å². The molecule has 2 heterocycles. The molecule has 0 atom stereocenters. The van der Waals surface area contributed by atoms with Gasteiger partial charge < -0.3 is 11.1 Å². The van der Waals surface area contributed by atoms with Gasteiger partial charge in [-0.3, -0.25) is 4.79 Å². The number of carbonyl (C=O) groups is 1. The van der Waals surface area contributed by atoms with Crippen LogP contribution in [-0.2, 0) is 6.54 Å². The first kappa shape index (κ1) is 10.9. The normalized spacial score (nSPS) is 10.2. The van der Waals surface area contributed by atoms with Crippen molar-refractivity contribution < 1.29 is 9.18 Å². The second-order valence-electron chi connectivity index (χ2n) is 3.07. The quantitative estimate of drug-likeness (QED) is 0.645. The summed E-state index contributed by atoms with van der Waals surface area (Å²) in [4.78, 5) is 15.1. The highest BCUT2D eigenvalue weighted by molar-refractivity contribution is 5.94. The number of hydrogen-bond acceptors (Lipinski definition) is 6. The number of halogens is 1. The molecule has 0 saturated heterocycles. The fourth-order valence-corrected chi connectivity index (χ4v) is 1.15. The van der Waals surface area contributed by atoms with Crippen LogP contribution in [0.1, 0.15) is 16.2 Å². The Morgan fingerprint density at radius 3 is 3.12 bits per heavy atom. The fraction of sp³-hybridized carbons (Fsp3) is 0.125. The lowest BCUT2D eigenvalue weighted by atomic mass is 10.2. The van der Waals surface area contributed by atoms with Crippen molar-refractivity contribution in [2.45, 2.75) is 6.54 Å². The molecule has 9 heteroatoms. The Kier molecular flexibility index (Phi) is 2.90. The number of nitrogens with two attached hydrogens (primary N) is 1. The first-order valence-electron chi connectivity index (χ1n) is 4.59. The zero-order chi connectivity index (χ0) is 12.3. The molecule has 0 radical (unpaired) electrons. The zero-order valence-electron chi connectivity index (χ0n) is 8.51. The van der Waals surface area contributed by atoms with Crippen LogP contribution in [0.5, 0.6) is 0 Å². The van der Waals surface area contributed by atoms with Gasteiger partial charge in [-0.1, -0.05) is 5.21 Å². The van der Waals surface area contributed by atoms with Crippen LogP contribution >= 0.6 is 0 Å². The monoisotopic (exact) mass is 237 g/mol. The number of H-pyrrole nitrogens is 1. The van der Waals surface area contributed by atoms with E-state index in [1.165, 1.54) is 12.3 Å². The van der Waals surface area contributed by atoms with Crippen molar-refractivity contribution in [3.63, 3.8) is 0 Å². The van der Waals surface area contributed by atoms with Gasteiger partial charge in [-0.05, 0) is 6.07 Å². The van der Waals surface area contributed by atoms with Gasteiger partial charge in [0.05, 0.1) is 12.1 Å². The predicted molar refractivity (Wildman–Crippen MR) is 54.0 cm³/mol. The molecule has 8 nitrogen and oxygen atoms in total. The summed E-state index contributed by atoms with van der Waals surface area (Å²) in [5, 5.41) is 15.2. The van der Waals surface area contributed by atoms with Crippen molar-refractivity contribution in [1.82, 2.24) is 30.9 Å². The molecule has 0 spiro atoms. The van der Waals surface area contributed by atoms with E-state index in [-0.39, 0.29) is 17.9 Å². The Morgan fingerprint density at radius 1 is 1.59 bits per heavy atom. The number of rotatable bonds is 3. The van der Waals surface area contributed by atoms with E-state index in [0.29, 0.717) is 5.82 Å². The van der Waals surface area contributed by atoms with E-state index in [1.807, 2.05) is 0 Å². The molecule has 0 aliphatic heterocycles. The molecule has 0 aliphatic rings. The van der Waals surface area contributed by atoms with Gasteiger partial charge in [0.15, 0.2) is 17.5 Å². The molecule has 1 amide bonds. The van der Waals surface area contributed by atoms with Gasteiger partial charge in [-0.2, -0.15) is 5.21 Å². The van der Waals surface area contributed by atoms with Gasteiger partial charge in [0.25, 0.3) is 5.91 Å². The summed E-state index contributed by atoms with van der Waals surface area (Å²) >= 11 is 0. The molecule has 0 unspecified atom stereocenters. The summed E-state index contributed by atoms with van der Waals surface area (Å²) in [6.45, 7) is 0.0387. The minimum absolute atomic E-state index is 0.0387.